The number of rotatable bonds is 6. The molecule has 1 rings (SSSR count). The summed E-state index contributed by atoms with van der Waals surface area (Å²) in [5, 5.41) is 4.93. The van der Waals surface area contributed by atoms with Gasteiger partial charge < -0.3 is 5.32 Å². The van der Waals surface area contributed by atoms with E-state index in [1.54, 1.807) is 18.1 Å². The molecule has 0 aliphatic carbocycles. The van der Waals surface area contributed by atoms with Crippen LogP contribution in [0.1, 0.15) is 33.6 Å². The van der Waals surface area contributed by atoms with Crippen molar-refractivity contribution in [2.75, 3.05) is 11.9 Å². The van der Waals surface area contributed by atoms with E-state index in [9.17, 15) is 0 Å². The van der Waals surface area contributed by atoms with Gasteiger partial charge in [-0.1, -0.05) is 20.8 Å². The molecule has 1 aromatic heterocycles. The van der Waals surface area contributed by atoms with Gasteiger partial charge in [-0.3, -0.25) is 0 Å². The molecule has 1 N–H and O–H groups in total. The van der Waals surface area contributed by atoms with Crippen LogP contribution < -0.4 is 5.32 Å². The first-order chi connectivity index (χ1) is 7.26. The molecule has 0 aliphatic heterocycles. The third-order valence-corrected chi connectivity index (χ3v) is 3.30. The standard InChI is InChI=1S/C11H19N3S/c1-4-6-12-10-7-11(14-8-13-10)15-9(3)5-2/h7-9H,4-6H2,1-3H3,(H,12,13,14). The van der Waals surface area contributed by atoms with Gasteiger partial charge in [-0.15, -0.1) is 11.8 Å². The predicted molar refractivity (Wildman–Crippen MR) is 66.4 cm³/mol. The molecule has 0 aliphatic rings. The summed E-state index contributed by atoms with van der Waals surface area (Å²) in [5.41, 5.74) is 0. The molecular formula is C11H19N3S. The van der Waals surface area contributed by atoms with Crippen LogP contribution in [0.2, 0.25) is 0 Å². The van der Waals surface area contributed by atoms with Gasteiger partial charge >= 0.3 is 0 Å². The number of hydrogen-bond donors (Lipinski definition) is 1. The zero-order valence-corrected chi connectivity index (χ0v) is 10.5. The maximum atomic E-state index is 4.25. The maximum Gasteiger partial charge on any atom is 0.130 e. The molecule has 0 radical (unpaired) electrons. The monoisotopic (exact) mass is 225 g/mol. The highest BCUT2D eigenvalue weighted by atomic mass is 32.2. The highest BCUT2D eigenvalue weighted by molar-refractivity contribution is 7.99. The first-order valence-electron chi connectivity index (χ1n) is 5.48. The quantitative estimate of drug-likeness (QED) is 0.596. The molecule has 0 amide bonds. The van der Waals surface area contributed by atoms with E-state index in [0.29, 0.717) is 5.25 Å². The second-order valence-electron chi connectivity index (χ2n) is 3.50. The Kier molecular flexibility index (Phi) is 5.47. The van der Waals surface area contributed by atoms with Crippen molar-refractivity contribution in [3.05, 3.63) is 12.4 Å². The topological polar surface area (TPSA) is 37.8 Å². The first kappa shape index (κ1) is 12.3. The Morgan fingerprint density at radius 1 is 1.40 bits per heavy atom. The Bertz CT molecular complexity index is 291. The van der Waals surface area contributed by atoms with Crippen LogP contribution >= 0.6 is 11.8 Å². The number of nitrogens with one attached hydrogen (secondary N) is 1. The Labute approximate surface area is 96.1 Å². The van der Waals surface area contributed by atoms with Crippen LogP contribution in [-0.2, 0) is 0 Å². The van der Waals surface area contributed by atoms with Gasteiger partial charge in [-0.05, 0) is 12.8 Å². The van der Waals surface area contributed by atoms with Crippen molar-refractivity contribution in [2.24, 2.45) is 0 Å². The van der Waals surface area contributed by atoms with Crippen LogP contribution in [0.5, 0.6) is 0 Å². The van der Waals surface area contributed by atoms with E-state index in [1.807, 2.05) is 6.07 Å². The lowest BCUT2D eigenvalue weighted by atomic mass is 10.4. The minimum absolute atomic E-state index is 0.610. The Hall–Kier alpha value is -0.770. The van der Waals surface area contributed by atoms with Gasteiger partial charge in [0.25, 0.3) is 0 Å². The van der Waals surface area contributed by atoms with Crippen molar-refractivity contribution in [3.63, 3.8) is 0 Å². The Balaban J connectivity index is 2.57. The largest absolute Gasteiger partial charge is 0.370 e. The average Bonchev–Trinajstić information content (AvgIpc) is 2.26. The van der Waals surface area contributed by atoms with Gasteiger partial charge in [-0.25, -0.2) is 9.97 Å². The molecule has 0 saturated heterocycles. The molecule has 3 nitrogen and oxygen atoms in total. The third kappa shape index (κ3) is 4.51. The van der Waals surface area contributed by atoms with E-state index >= 15 is 0 Å². The van der Waals surface area contributed by atoms with Crippen LogP contribution in [0.25, 0.3) is 0 Å². The summed E-state index contributed by atoms with van der Waals surface area (Å²) >= 11 is 1.80. The van der Waals surface area contributed by atoms with E-state index in [1.165, 1.54) is 0 Å². The zero-order chi connectivity index (χ0) is 11.1. The third-order valence-electron chi connectivity index (χ3n) is 2.09. The van der Waals surface area contributed by atoms with Gasteiger partial charge in [0.15, 0.2) is 0 Å². The molecule has 1 unspecified atom stereocenters. The SMILES string of the molecule is CCCNc1cc(SC(C)CC)ncn1. The fourth-order valence-corrected chi connectivity index (χ4v) is 1.91. The molecule has 0 fully saturated rings. The van der Waals surface area contributed by atoms with E-state index in [0.717, 1.165) is 30.2 Å². The summed E-state index contributed by atoms with van der Waals surface area (Å²) in [6, 6.07) is 2.02. The van der Waals surface area contributed by atoms with Crippen molar-refractivity contribution in [1.82, 2.24) is 9.97 Å². The first-order valence-corrected chi connectivity index (χ1v) is 6.36. The van der Waals surface area contributed by atoms with Crippen molar-refractivity contribution in [2.45, 2.75) is 43.9 Å². The number of aromatic nitrogens is 2. The summed E-state index contributed by atoms with van der Waals surface area (Å²) in [7, 11) is 0. The molecule has 0 bridgehead atoms. The lowest BCUT2D eigenvalue weighted by Gasteiger charge is -2.08. The highest BCUT2D eigenvalue weighted by Crippen LogP contribution is 2.23. The highest BCUT2D eigenvalue weighted by Gasteiger charge is 2.04. The molecule has 0 saturated carbocycles. The van der Waals surface area contributed by atoms with Crippen LogP contribution in [-0.4, -0.2) is 21.8 Å². The van der Waals surface area contributed by atoms with Gasteiger partial charge in [0.05, 0.1) is 0 Å². The smallest absolute Gasteiger partial charge is 0.130 e. The van der Waals surface area contributed by atoms with Gasteiger partial charge in [-0.2, -0.15) is 0 Å². The van der Waals surface area contributed by atoms with Crippen LogP contribution in [0.3, 0.4) is 0 Å². The lowest BCUT2D eigenvalue weighted by molar-refractivity contribution is 0.897. The van der Waals surface area contributed by atoms with Crippen molar-refractivity contribution in [3.8, 4) is 0 Å². The molecule has 1 heterocycles. The second kappa shape index (κ2) is 6.67. The molecule has 84 valence electrons. The second-order valence-corrected chi connectivity index (χ2v) is 4.96. The fourth-order valence-electron chi connectivity index (χ4n) is 1.04. The minimum Gasteiger partial charge on any atom is -0.370 e. The normalized spacial score (nSPS) is 12.5. The molecule has 0 spiro atoms. The number of hydrogen-bond acceptors (Lipinski definition) is 4. The number of thioether (sulfide) groups is 1. The molecular weight excluding hydrogens is 206 g/mol. The molecule has 1 aromatic rings. The Morgan fingerprint density at radius 3 is 2.87 bits per heavy atom. The lowest BCUT2D eigenvalue weighted by Crippen LogP contribution is -2.02. The van der Waals surface area contributed by atoms with Gasteiger partial charge in [0, 0.05) is 17.9 Å². The minimum atomic E-state index is 0.610. The summed E-state index contributed by atoms with van der Waals surface area (Å²) in [6.07, 6.45) is 3.90. The van der Waals surface area contributed by atoms with Crippen molar-refractivity contribution in [1.29, 1.82) is 0 Å². The summed E-state index contributed by atoms with van der Waals surface area (Å²) in [4.78, 5) is 8.42. The van der Waals surface area contributed by atoms with Gasteiger partial charge in [0.2, 0.25) is 0 Å². The number of anilines is 1. The number of nitrogens with zero attached hydrogens (tertiary/aromatic N) is 2. The average molecular weight is 225 g/mol. The van der Waals surface area contributed by atoms with Crippen molar-refractivity contribution >= 4 is 17.6 Å². The van der Waals surface area contributed by atoms with Gasteiger partial charge in [0.1, 0.15) is 17.2 Å². The van der Waals surface area contributed by atoms with Crippen LogP contribution in [0.4, 0.5) is 5.82 Å². The van der Waals surface area contributed by atoms with Crippen LogP contribution in [0.15, 0.2) is 17.4 Å². The molecule has 15 heavy (non-hydrogen) atoms. The summed E-state index contributed by atoms with van der Waals surface area (Å²) in [6.45, 7) is 7.51. The molecule has 4 heteroatoms. The van der Waals surface area contributed by atoms with Crippen molar-refractivity contribution < 1.29 is 0 Å². The molecule has 0 aromatic carbocycles. The summed E-state index contributed by atoms with van der Waals surface area (Å²) < 4.78 is 0. The van der Waals surface area contributed by atoms with E-state index < -0.39 is 0 Å². The fraction of sp³-hybridized carbons (Fsp3) is 0.636. The summed E-state index contributed by atoms with van der Waals surface area (Å²) in [5.74, 6) is 0.928. The zero-order valence-electron chi connectivity index (χ0n) is 9.66. The maximum absolute atomic E-state index is 4.25. The van der Waals surface area contributed by atoms with E-state index in [4.69, 9.17) is 0 Å². The van der Waals surface area contributed by atoms with Crippen LogP contribution in [0, 0.1) is 0 Å². The Morgan fingerprint density at radius 2 is 2.20 bits per heavy atom. The predicted octanol–water partition coefficient (Wildman–Crippen LogP) is 3.19. The van der Waals surface area contributed by atoms with E-state index in [-0.39, 0.29) is 0 Å². The molecule has 1 atom stereocenters. The van der Waals surface area contributed by atoms with E-state index in [2.05, 4.69) is 36.1 Å².